The van der Waals surface area contributed by atoms with Crippen molar-refractivity contribution in [2.75, 3.05) is 5.73 Å². The van der Waals surface area contributed by atoms with Crippen LogP contribution >= 0.6 is 11.3 Å². The van der Waals surface area contributed by atoms with Crippen molar-refractivity contribution in [2.45, 2.75) is 39.2 Å². The monoisotopic (exact) mass is 292 g/mol. The molecule has 2 rings (SSSR count). The minimum absolute atomic E-state index is 0.0414. The number of aromatic amines is 1. The normalized spacial score (nSPS) is 12.6. The Labute approximate surface area is 122 Å². The lowest BCUT2D eigenvalue weighted by Crippen LogP contribution is -2.34. The Morgan fingerprint density at radius 2 is 2.25 bits per heavy atom. The van der Waals surface area contributed by atoms with E-state index in [2.05, 4.69) is 21.6 Å². The van der Waals surface area contributed by atoms with Gasteiger partial charge in [-0.2, -0.15) is 5.10 Å². The number of rotatable bonds is 5. The second kappa shape index (κ2) is 6.09. The molecule has 2 heterocycles. The number of anilines is 1. The Hall–Kier alpha value is -1.82. The summed E-state index contributed by atoms with van der Waals surface area (Å²) in [6.45, 7) is 5.99. The molecule has 0 bridgehead atoms. The highest BCUT2D eigenvalue weighted by molar-refractivity contribution is 7.09. The summed E-state index contributed by atoms with van der Waals surface area (Å²) in [4.78, 5) is 13.4. The van der Waals surface area contributed by atoms with Crippen LogP contribution in [0, 0.1) is 0 Å². The maximum atomic E-state index is 12.2. The number of amides is 1. The van der Waals surface area contributed by atoms with Crippen molar-refractivity contribution >= 4 is 22.9 Å². The summed E-state index contributed by atoms with van der Waals surface area (Å²) >= 11 is 1.69. The molecule has 1 atom stereocenters. The highest BCUT2D eigenvalue weighted by Crippen LogP contribution is 2.22. The first-order chi connectivity index (χ1) is 9.49. The molecule has 0 fully saturated rings. The Bertz CT molecular complexity index is 574. The predicted octanol–water partition coefficient (Wildman–Crippen LogP) is 2.54. The molecule has 0 aliphatic rings. The molecule has 0 saturated carbocycles. The lowest BCUT2D eigenvalue weighted by Gasteiger charge is -2.12. The van der Waals surface area contributed by atoms with Crippen LogP contribution < -0.4 is 11.1 Å². The van der Waals surface area contributed by atoms with Crippen LogP contribution in [0.3, 0.4) is 0 Å². The van der Waals surface area contributed by atoms with Crippen LogP contribution in [0.5, 0.6) is 0 Å². The van der Waals surface area contributed by atoms with E-state index in [9.17, 15) is 4.79 Å². The summed E-state index contributed by atoms with van der Waals surface area (Å²) in [5.74, 6) is -0.0118. The number of carbonyl (C=O) groups is 1. The van der Waals surface area contributed by atoms with Gasteiger partial charge in [-0.15, -0.1) is 11.3 Å². The van der Waals surface area contributed by atoms with E-state index < -0.39 is 0 Å². The first-order valence-electron chi connectivity index (χ1n) is 6.66. The molecule has 0 spiro atoms. The third-order valence-electron chi connectivity index (χ3n) is 3.09. The van der Waals surface area contributed by atoms with Gasteiger partial charge in [0, 0.05) is 17.3 Å². The van der Waals surface area contributed by atoms with E-state index >= 15 is 0 Å². The van der Waals surface area contributed by atoms with Crippen LogP contribution in [0.25, 0.3) is 0 Å². The zero-order valence-electron chi connectivity index (χ0n) is 11.9. The second-order valence-corrected chi connectivity index (χ2v) is 6.24. The first kappa shape index (κ1) is 14.6. The fourth-order valence-electron chi connectivity index (χ4n) is 2.05. The van der Waals surface area contributed by atoms with E-state index in [1.54, 1.807) is 11.3 Å². The first-order valence-corrected chi connectivity index (χ1v) is 7.54. The van der Waals surface area contributed by atoms with Gasteiger partial charge in [0.1, 0.15) is 0 Å². The molecule has 1 unspecified atom stereocenters. The number of hydrogen-bond donors (Lipinski definition) is 3. The van der Waals surface area contributed by atoms with Crippen molar-refractivity contribution < 1.29 is 4.79 Å². The van der Waals surface area contributed by atoms with Gasteiger partial charge in [0.15, 0.2) is 5.69 Å². The quantitative estimate of drug-likeness (QED) is 0.792. The van der Waals surface area contributed by atoms with Gasteiger partial charge in [-0.1, -0.05) is 19.9 Å². The summed E-state index contributed by atoms with van der Waals surface area (Å²) < 4.78 is 0. The van der Waals surface area contributed by atoms with E-state index in [0.29, 0.717) is 5.69 Å². The number of H-pyrrole nitrogens is 1. The van der Waals surface area contributed by atoms with Crippen LogP contribution in [0.2, 0.25) is 0 Å². The van der Waals surface area contributed by atoms with E-state index in [1.165, 1.54) is 4.88 Å². The van der Waals surface area contributed by atoms with Crippen molar-refractivity contribution in [1.29, 1.82) is 0 Å². The minimum Gasteiger partial charge on any atom is -0.395 e. The number of hydrogen-bond acceptors (Lipinski definition) is 4. The topological polar surface area (TPSA) is 83.8 Å². The molecule has 0 saturated heterocycles. The molecule has 6 heteroatoms. The van der Waals surface area contributed by atoms with Crippen LogP contribution in [0.4, 0.5) is 5.69 Å². The number of nitrogens with zero attached hydrogens (tertiary/aromatic N) is 1. The SMILES string of the molecule is CC(Cc1cccs1)NC(=O)c1n[nH]c(C(C)C)c1N. The molecular weight excluding hydrogens is 272 g/mol. The largest absolute Gasteiger partial charge is 0.395 e. The molecule has 0 aliphatic heterocycles. The Morgan fingerprint density at radius 1 is 1.50 bits per heavy atom. The second-order valence-electron chi connectivity index (χ2n) is 5.21. The van der Waals surface area contributed by atoms with Crippen molar-refractivity contribution in [2.24, 2.45) is 0 Å². The van der Waals surface area contributed by atoms with Gasteiger partial charge in [-0.05, 0) is 24.3 Å². The van der Waals surface area contributed by atoms with Gasteiger partial charge in [-0.25, -0.2) is 0 Å². The summed E-state index contributed by atoms with van der Waals surface area (Å²) in [6.07, 6.45) is 0.810. The van der Waals surface area contributed by atoms with Gasteiger partial charge < -0.3 is 11.1 Å². The third kappa shape index (κ3) is 3.19. The van der Waals surface area contributed by atoms with Gasteiger partial charge in [0.05, 0.1) is 11.4 Å². The molecule has 5 nitrogen and oxygen atoms in total. The molecule has 108 valence electrons. The molecule has 0 aliphatic carbocycles. The van der Waals surface area contributed by atoms with E-state index in [1.807, 2.05) is 32.2 Å². The van der Waals surface area contributed by atoms with Gasteiger partial charge >= 0.3 is 0 Å². The Morgan fingerprint density at radius 3 is 2.80 bits per heavy atom. The molecule has 20 heavy (non-hydrogen) atoms. The smallest absolute Gasteiger partial charge is 0.274 e. The summed E-state index contributed by atoms with van der Waals surface area (Å²) in [6, 6.07) is 4.11. The highest BCUT2D eigenvalue weighted by Gasteiger charge is 2.20. The minimum atomic E-state index is -0.227. The number of nitrogens with one attached hydrogen (secondary N) is 2. The number of aromatic nitrogens is 2. The molecule has 0 radical (unpaired) electrons. The fraction of sp³-hybridized carbons (Fsp3) is 0.429. The van der Waals surface area contributed by atoms with Crippen LogP contribution in [0.15, 0.2) is 17.5 Å². The van der Waals surface area contributed by atoms with Crippen molar-refractivity contribution in [3.05, 3.63) is 33.8 Å². The van der Waals surface area contributed by atoms with Crippen molar-refractivity contribution in [1.82, 2.24) is 15.5 Å². The molecule has 0 aromatic carbocycles. The fourth-order valence-corrected chi connectivity index (χ4v) is 2.89. The van der Waals surface area contributed by atoms with E-state index in [4.69, 9.17) is 5.73 Å². The lowest BCUT2D eigenvalue weighted by molar-refractivity contribution is 0.0936. The van der Waals surface area contributed by atoms with Crippen molar-refractivity contribution in [3.8, 4) is 0 Å². The van der Waals surface area contributed by atoms with Gasteiger partial charge in [0.2, 0.25) is 0 Å². The maximum Gasteiger partial charge on any atom is 0.274 e. The van der Waals surface area contributed by atoms with Crippen LogP contribution in [0.1, 0.15) is 47.7 Å². The Balaban J connectivity index is 2.01. The zero-order chi connectivity index (χ0) is 14.7. The number of carbonyl (C=O) groups excluding carboxylic acids is 1. The number of nitrogens with two attached hydrogens (primary N) is 1. The average Bonchev–Trinajstić information content (AvgIpc) is 2.97. The van der Waals surface area contributed by atoms with Crippen LogP contribution in [-0.2, 0) is 6.42 Å². The standard InChI is InChI=1S/C14H20N4OS/c1-8(2)12-11(15)13(18-17-12)14(19)16-9(3)7-10-5-4-6-20-10/h4-6,8-9H,7,15H2,1-3H3,(H,16,19)(H,17,18). The van der Waals surface area contributed by atoms with Gasteiger partial charge in [0.25, 0.3) is 5.91 Å². The zero-order valence-corrected chi connectivity index (χ0v) is 12.8. The molecule has 2 aromatic heterocycles. The molecule has 2 aromatic rings. The maximum absolute atomic E-state index is 12.2. The van der Waals surface area contributed by atoms with E-state index in [-0.39, 0.29) is 23.6 Å². The predicted molar refractivity (Wildman–Crippen MR) is 82.0 cm³/mol. The van der Waals surface area contributed by atoms with Crippen LogP contribution in [-0.4, -0.2) is 22.1 Å². The molecule has 1 amide bonds. The summed E-state index contributed by atoms with van der Waals surface area (Å²) in [7, 11) is 0. The molecule has 4 N–H and O–H groups in total. The van der Waals surface area contributed by atoms with Crippen molar-refractivity contribution in [3.63, 3.8) is 0 Å². The summed E-state index contributed by atoms with van der Waals surface area (Å²) in [5, 5.41) is 11.8. The number of thiophene rings is 1. The number of nitrogen functional groups attached to an aromatic ring is 1. The Kier molecular flexibility index (Phi) is 4.44. The lowest BCUT2D eigenvalue weighted by atomic mass is 10.1. The average molecular weight is 292 g/mol. The van der Waals surface area contributed by atoms with E-state index in [0.717, 1.165) is 12.1 Å². The molecular formula is C14H20N4OS. The summed E-state index contributed by atoms with van der Waals surface area (Å²) in [5.41, 5.74) is 7.50. The van der Waals surface area contributed by atoms with Gasteiger partial charge in [-0.3, -0.25) is 9.89 Å². The third-order valence-corrected chi connectivity index (χ3v) is 3.99. The highest BCUT2D eigenvalue weighted by atomic mass is 32.1.